The number of hydrogen-bond acceptors (Lipinski definition) is 3. The minimum absolute atomic E-state index is 0.857. The van der Waals surface area contributed by atoms with Crippen molar-refractivity contribution in [2.75, 3.05) is 0 Å². The quantitative estimate of drug-likeness (QED) is 0.100. The van der Waals surface area contributed by atoms with Crippen molar-refractivity contribution < 1.29 is 4.79 Å². The summed E-state index contributed by atoms with van der Waals surface area (Å²) < 4.78 is 0. The van der Waals surface area contributed by atoms with E-state index in [1.54, 1.807) is 6.08 Å². The molecule has 3 aromatic rings. The zero-order valence-corrected chi connectivity index (χ0v) is 27.1. The molecular weight excluding hydrogens is 540 g/mol. The summed E-state index contributed by atoms with van der Waals surface area (Å²) >= 11 is 0. The summed E-state index contributed by atoms with van der Waals surface area (Å²) in [5, 5.41) is 0. The van der Waals surface area contributed by atoms with Gasteiger partial charge in [-0.1, -0.05) is 53.4 Å². The van der Waals surface area contributed by atoms with E-state index in [0.717, 1.165) is 134 Å². The molecule has 5 heterocycles. The Kier molecular flexibility index (Phi) is 10.8. The fourth-order valence-electron chi connectivity index (χ4n) is 6.30. The van der Waals surface area contributed by atoms with Gasteiger partial charge in [-0.3, -0.25) is 4.79 Å². The lowest BCUT2D eigenvalue weighted by molar-refractivity contribution is -0.104. The van der Waals surface area contributed by atoms with Crippen LogP contribution in [-0.4, -0.2) is 26.2 Å². The van der Waals surface area contributed by atoms with Gasteiger partial charge in [-0.2, -0.15) is 0 Å². The van der Waals surface area contributed by atoms with Crippen molar-refractivity contribution in [1.82, 2.24) is 19.9 Å². The highest BCUT2D eigenvalue weighted by Crippen LogP contribution is 2.31. The Labute approximate surface area is 262 Å². The van der Waals surface area contributed by atoms with Gasteiger partial charge in [0, 0.05) is 44.4 Å². The molecule has 3 aromatic heterocycles. The Morgan fingerprint density at radius 3 is 1.48 bits per heavy atom. The summed E-state index contributed by atoms with van der Waals surface area (Å²) in [5.74, 6) is 0. The van der Waals surface area contributed by atoms with E-state index < -0.39 is 0 Å². The fraction of sp³-hybridized carbons (Fsp3) is 0.410. The van der Waals surface area contributed by atoms with E-state index in [-0.39, 0.29) is 0 Å². The van der Waals surface area contributed by atoms with Crippen LogP contribution in [0.2, 0.25) is 0 Å². The van der Waals surface area contributed by atoms with E-state index in [1.807, 2.05) is 6.08 Å². The van der Waals surface area contributed by atoms with Crippen molar-refractivity contribution >= 4 is 58.7 Å². The maximum absolute atomic E-state index is 11.5. The van der Waals surface area contributed by atoms with E-state index in [0.29, 0.717) is 0 Å². The normalized spacial score (nSPS) is 12.5. The first-order valence-corrected chi connectivity index (χ1v) is 16.9. The maximum Gasteiger partial charge on any atom is 0.142 e. The number of nitrogens with one attached hydrogen (secondary N) is 2. The number of hydrogen-bond donors (Lipinski definition) is 2. The smallest absolute Gasteiger partial charge is 0.142 e. The SMILES string of the molecule is CCCCc1c2nc(c(CCCC)c3cc(/C=C/C=O)c([nH]3)c(CCCC)c3nc(c(CCCC)c4ccc1[nH]4)C=C3)C=C2. The van der Waals surface area contributed by atoms with Crippen LogP contribution in [0.3, 0.4) is 0 Å². The first-order chi connectivity index (χ1) is 21.6. The largest absolute Gasteiger partial charge is 0.355 e. The van der Waals surface area contributed by atoms with Crippen molar-refractivity contribution in [2.24, 2.45) is 0 Å². The molecule has 44 heavy (non-hydrogen) atoms. The zero-order chi connectivity index (χ0) is 30.9. The average Bonchev–Trinajstić information content (AvgIpc) is 3.85. The molecule has 0 radical (unpaired) electrons. The lowest BCUT2D eigenvalue weighted by atomic mass is 10.0. The Balaban J connectivity index is 1.96. The number of aryl methyl sites for hydroxylation is 4. The summed E-state index contributed by atoms with van der Waals surface area (Å²) in [5.41, 5.74) is 14.5. The van der Waals surface area contributed by atoms with Gasteiger partial charge in [0.25, 0.3) is 0 Å². The maximum atomic E-state index is 11.5. The molecule has 0 fully saturated rings. The Bertz CT molecular complexity index is 1730. The van der Waals surface area contributed by atoms with Gasteiger partial charge in [-0.15, -0.1) is 0 Å². The Hall–Kier alpha value is -3.99. The summed E-state index contributed by atoms with van der Waals surface area (Å²) in [6, 6.07) is 6.69. The number of fused-ring (bicyclic) bond motifs is 8. The number of H-pyrrole nitrogens is 2. The third-order valence-electron chi connectivity index (χ3n) is 8.80. The molecule has 0 aromatic carbocycles. The predicted molar refractivity (Wildman–Crippen MR) is 188 cm³/mol. The number of aromatic nitrogens is 4. The van der Waals surface area contributed by atoms with Crippen molar-refractivity contribution in [2.45, 2.75) is 105 Å². The molecule has 0 saturated heterocycles. The third kappa shape index (κ3) is 6.88. The molecular formula is C39H48N4O. The molecule has 5 nitrogen and oxygen atoms in total. The predicted octanol–water partition coefficient (Wildman–Crippen LogP) is 10.2. The number of aromatic amines is 2. The Morgan fingerprint density at radius 1 is 0.591 bits per heavy atom. The second-order valence-corrected chi connectivity index (χ2v) is 12.1. The zero-order valence-electron chi connectivity index (χ0n) is 27.1. The molecule has 2 aliphatic rings. The van der Waals surface area contributed by atoms with Gasteiger partial charge in [0.2, 0.25) is 0 Å². The summed E-state index contributed by atoms with van der Waals surface area (Å²) in [6.07, 6.45) is 25.8. The Morgan fingerprint density at radius 2 is 1.02 bits per heavy atom. The molecule has 0 amide bonds. The van der Waals surface area contributed by atoms with Crippen LogP contribution in [0, 0.1) is 0 Å². The second-order valence-electron chi connectivity index (χ2n) is 12.1. The number of aldehydes is 1. The minimum Gasteiger partial charge on any atom is -0.355 e. The van der Waals surface area contributed by atoms with Crippen molar-refractivity contribution in [3.8, 4) is 0 Å². The molecule has 0 aliphatic carbocycles. The van der Waals surface area contributed by atoms with E-state index in [4.69, 9.17) is 9.97 Å². The molecule has 8 bridgehead atoms. The van der Waals surface area contributed by atoms with Gasteiger partial charge in [0.15, 0.2) is 0 Å². The topological polar surface area (TPSA) is 74.4 Å². The van der Waals surface area contributed by atoms with Crippen LogP contribution in [0.15, 0.2) is 24.3 Å². The molecule has 5 heteroatoms. The number of unbranched alkanes of at least 4 members (excludes halogenated alkanes) is 4. The highest BCUT2D eigenvalue weighted by molar-refractivity contribution is 5.88. The van der Waals surface area contributed by atoms with Gasteiger partial charge in [-0.25, -0.2) is 9.97 Å². The second kappa shape index (κ2) is 15.1. The van der Waals surface area contributed by atoms with E-state index in [1.165, 1.54) is 22.3 Å². The van der Waals surface area contributed by atoms with Gasteiger partial charge < -0.3 is 9.97 Å². The molecule has 5 rings (SSSR count). The van der Waals surface area contributed by atoms with Crippen LogP contribution in [-0.2, 0) is 30.5 Å². The van der Waals surface area contributed by atoms with Crippen LogP contribution in [0.4, 0.5) is 0 Å². The minimum atomic E-state index is 0.857. The highest BCUT2D eigenvalue weighted by Gasteiger charge is 2.17. The van der Waals surface area contributed by atoms with Crippen LogP contribution < -0.4 is 0 Å². The first kappa shape index (κ1) is 31.4. The molecule has 0 unspecified atom stereocenters. The third-order valence-corrected chi connectivity index (χ3v) is 8.80. The molecule has 2 aliphatic heterocycles. The number of carbonyl (C=O) groups excluding carboxylic acids is 1. The van der Waals surface area contributed by atoms with Crippen molar-refractivity contribution in [3.63, 3.8) is 0 Å². The van der Waals surface area contributed by atoms with E-state index in [2.05, 4.69) is 80.2 Å². The number of allylic oxidation sites excluding steroid dienone is 1. The lowest BCUT2D eigenvalue weighted by Gasteiger charge is -2.06. The summed E-state index contributed by atoms with van der Waals surface area (Å²) in [7, 11) is 0. The summed E-state index contributed by atoms with van der Waals surface area (Å²) in [6.45, 7) is 8.96. The van der Waals surface area contributed by atoms with E-state index in [9.17, 15) is 4.79 Å². The van der Waals surface area contributed by atoms with Crippen LogP contribution >= 0.6 is 0 Å². The standard InChI is InChI=1S/C39H48N4O/c1-5-9-15-28-32-19-20-33(40-32)29(16-10-6-2)35-23-24-37(42-35)31(18-12-8-4)39-27(14-13-25-44)26-38(43-39)30(17-11-7-3)36-22-21-34(28)41-36/h13-14,19-26,40,43H,5-12,15-18H2,1-4H3/b14-13+,32-28?,33-29?,34-28?,35-29?,36-30?,37-31?,38-30?,39-31?. The lowest BCUT2D eigenvalue weighted by Crippen LogP contribution is -1.95. The summed E-state index contributed by atoms with van der Waals surface area (Å²) in [4.78, 5) is 29.7. The first-order valence-electron chi connectivity index (χ1n) is 16.9. The molecule has 230 valence electrons. The van der Waals surface area contributed by atoms with Gasteiger partial charge in [-0.05, 0) is 106 Å². The molecule has 0 atom stereocenters. The monoisotopic (exact) mass is 588 g/mol. The molecule has 0 spiro atoms. The van der Waals surface area contributed by atoms with Gasteiger partial charge in [0.05, 0.1) is 28.3 Å². The number of carbonyl (C=O) groups is 1. The van der Waals surface area contributed by atoms with Crippen molar-refractivity contribution in [1.29, 1.82) is 0 Å². The molecule has 2 N–H and O–H groups in total. The van der Waals surface area contributed by atoms with Gasteiger partial charge >= 0.3 is 0 Å². The van der Waals surface area contributed by atoms with Crippen molar-refractivity contribution in [3.05, 3.63) is 74.9 Å². The highest BCUT2D eigenvalue weighted by atomic mass is 16.1. The molecule has 0 saturated carbocycles. The fourth-order valence-corrected chi connectivity index (χ4v) is 6.30. The van der Waals surface area contributed by atoms with Crippen LogP contribution in [0.5, 0.6) is 0 Å². The van der Waals surface area contributed by atoms with E-state index >= 15 is 0 Å². The number of rotatable bonds is 14. The van der Waals surface area contributed by atoms with Crippen LogP contribution in [0.1, 0.15) is 130 Å². The average molecular weight is 589 g/mol. The number of nitrogens with zero attached hydrogens (tertiary/aromatic N) is 2. The van der Waals surface area contributed by atoms with Crippen LogP contribution in [0.25, 0.3) is 52.4 Å². The van der Waals surface area contributed by atoms with Gasteiger partial charge in [0.1, 0.15) is 6.29 Å².